The molecule has 0 atom stereocenters. The third kappa shape index (κ3) is 5.05. The smallest absolute Gasteiger partial charge is 0.338 e. The SMILES string of the molecule is COc1cccc(NC(=O)COC(=O)c2ccc3c(c2)CCCN3S(C)(=O)=O)c1. The van der Waals surface area contributed by atoms with Crippen LogP contribution in [0.5, 0.6) is 5.75 Å². The summed E-state index contributed by atoms with van der Waals surface area (Å²) in [5, 5.41) is 2.63. The summed E-state index contributed by atoms with van der Waals surface area (Å²) >= 11 is 0. The Balaban J connectivity index is 1.63. The van der Waals surface area contributed by atoms with E-state index >= 15 is 0 Å². The number of benzene rings is 2. The van der Waals surface area contributed by atoms with Crippen LogP contribution >= 0.6 is 0 Å². The summed E-state index contributed by atoms with van der Waals surface area (Å²) in [6, 6.07) is 11.5. The van der Waals surface area contributed by atoms with Crippen LogP contribution in [0.4, 0.5) is 11.4 Å². The van der Waals surface area contributed by atoms with Crippen LogP contribution < -0.4 is 14.4 Å². The lowest BCUT2D eigenvalue weighted by Gasteiger charge is -2.29. The third-order valence-electron chi connectivity index (χ3n) is 4.48. The number of carbonyl (C=O) groups is 2. The summed E-state index contributed by atoms with van der Waals surface area (Å²) in [4.78, 5) is 24.3. The van der Waals surface area contributed by atoms with Crippen molar-refractivity contribution in [2.24, 2.45) is 0 Å². The molecule has 0 fully saturated rings. The number of amides is 1. The lowest BCUT2D eigenvalue weighted by molar-refractivity contribution is -0.119. The van der Waals surface area contributed by atoms with Gasteiger partial charge in [-0.2, -0.15) is 0 Å². The number of hydrogen-bond donors (Lipinski definition) is 1. The topological polar surface area (TPSA) is 102 Å². The molecule has 0 radical (unpaired) electrons. The molecule has 0 spiro atoms. The minimum atomic E-state index is -3.37. The maximum absolute atomic E-state index is 12.3. The van der Waals surface area contributed by atoms with Gasteiger partial charge in [0.1, 0.15) is 5.75 Å². The number of ether oxygens (including phenoxy) is 2. The average molecular weight is 418 g/mol. The minimum absolute atomic E-state index is 0.272. The first-order valence-corrected chi connectivity index (χ1v) is 10.8. The number of nitrogens with zero attached hydrogens (tertiary/aromatic N) is 1. The van der Waals surface area contributed by atoms with Crippen molar-refractivity contribution in [1.29, 1.82) is 0 Å². The van der Waals surface area contributed by atoms with Crippen molar-refractivity contribution in [1.82, 2.24) is 0 Å². The maximum atomic E-state index is 12.3. The van der Waals surface area contributed by atoms with Crippen molar-refractivity contribution in [2.75, 3.05) is 36.1 Å². The summed E-state index contributed by atoms with van der Waals surface area (Å²) in [5.41, 5.74) is 2.14. The van der Waals surface area contributed by atoms with E-state index < -0.39 is 28.5 Å². The number of carbonyl (C=O) groups excluding carboxylic acids is 2. The van der Waals surface area contributed by atoms with E-state index in [2.05, 4.69) is 5.32 Å². The van der Waals surface area contributed by atoms with E-state index in [0.29, 0.717) is 36.5 Å². The van der Waals surface area contributed by atoms with Crippen LogP contribution in [0.2, 0.25) is 0 Å². The maximum Gasteiger partial charge on any atom is 0.338 e. The second-order valence-corrected chi connectivity index (χ2v) is 8.55. The van der Waals surface area contributed by atoms with Gasteiger partial charge in [0, 0.05) is 18.3 Å². The second-order valence-electron chi connectivity index (χ2n) is 6.64. The van der Waals surface area contributed by atoms with Crippen molar-refractivity contribution in [2.45, 2.75) is 12.8 Å². The Hall–Kier alpha value is -3.07. The van der Waals surface area contributed by atoms with Gasteiger partial charge < -0.3 is 14.8 Å². The van der Waals surface area contributed by atoms with Crippen LogP contribution in [-0.2, 0) is 26.0 Å². The van der Waals surface area contributed by atoms with E-state index in [1.165, 1.54) is 17.5 Å². The van der Waals surface area contributed by atoms with Gasteiger partial charge in [0.2, 0.25) is 10.0 Å². The number of hydrogen-bond acceptors (Lipinski definition) is 6. The number of anilines is 2. The number of nitrogens with one attached hydrogen (secondary N) is 1. The fourth-order valence-corrected chi connectivity index (χ4v) is 4.14. The van der Waals surface area contributed by atoms with Crippen molar-refractivity contribution >= 4 is 33.3 Å². The zero-order valence-corrected chi connectivity index (χ0v) is 17.0. The first kappa shape index (κ1) is 20.7. The summed E-state index contributed by atoms with van der Waals surface area (Å²) in [7, 11) is -1.85. The van der Waals surface area contributed by atoms with Crippen molar-refractivity contribution in [3.8, 4) is 5.75 Å². The molecule has 1 heterocycles. The predicted octanol–water partition coefficient (Wildman–Crippen LogP) is 2.20. The van der Waals surface area contributed by atoms with Crippen LogP contribution in [0.1, 0.15) is 22.3 Å². The number of esters is 1. The standard InChI is InChI=1S/C20H22N2O6S/c1-27-17-7-3-6-16(12-17)21-19(23)13-28-20(24)15-8-9-18-14(11-15)5-4-10-22(18)29(2,25)26/h3,6-9,11-12H,4-5,10,13H2,1-2H3,(H,21,23). The number of rotatable bonds is 6. The van der Waals surface area contributed by atoms with E-state index in [-0.39, 0.29) is 5.56 Å². The first-order valence-electron chi connectivity index (χ1n) is 8.99. The van der Waals surface area contributed by atoms with Crippen LogP contribution in [0.3, 0.4) is 0 Å². The molecular formula is C20H22N2O6S. The molecule has 0 bridgehead atoms. The van der Waals surface area contributed by atoms with Gasteiger partial charge in [0.25, 0.3) is 5.91 Å². The zero-order chi connectivity index (χ0) is 21.0. The van der Waals surface area contributed by atoms with E-state index in [0.717, 1.165) is 11.8 Å². The molecule has 1 N–H and O–H groups in total. The zero-order valence-electron chi connectivity index (χ0n) is 16.2. The molecule has 9 heteroatoms. The van der Waals surface area contributed by atoms with Gasteiger partial charge in [-0.3, -0.25) is 9.10 Å². The molecule has 3 rings (SSSR count). The van der Waals surface area contributed by atoms with Crippen LogP contribution in [0.15, 0.2) is 42.5 Å². The van der Waals surface area contributed by atoms with Crippen molar-refractivity contribution in [3.63, 3.8) is 0 Å². The van der Waals surface area contributed by atoms with Gasteiger partial charge in [-0.15, -0.1) is 0 Å². The molecular weight excluding hydrogens is 396 g/mol. The van der Waals surface area contributed by atoms with Crippen molar-refractivity contribution in [3.05, 3.63) is 53.6 Å². The molecule has 0 aliphatic carbocycles. The third-order valence-corrected chi connectivity index (χ3v) is 5.66. The molecule has 29 heavy (non-hydrogen) atoms. The molecule has 1 amide bonds. The molecule has 0 saturated carbocycles. The second kappa shape index (κ2) is 8.52. The van der Waals surface area contributed by atoms with Gasteiger partial charge in [-0.25, -0.2) is 13.2 Å². The first-order chi connectivity index (χ1) is 13.8. The predicted molar refractivity (Wildman–Crippen MR) is 109 cm³/mol. The normalized spacial score (nSPS) is 13.4. The highest BCUT2D eigenvalue weighted by atomic mass is 32.2. The Morgan fingerprint density at radius 3 is 2.69 bits per heavy atom. The van der Waals surface area contributed by atoms with Crippen LogP contribution in [0, 0.1) is 0 Å². The average Bonchev–Trinajstić information content (AvgIpc) is 2.70. The fourth-order valence-electron chi connectivity index (χ4n) is 3.15. The largest absolute Gasteiger partial charge is 0.497 e. The molecule has 0 unspecified atom stereocenters. The van der Waals surface area contributed by atoms with Crippen LogP contribution in [-0.4, -0.2) is 46.8 Å². The highest BCUT2D eigenvalue weighted by Gasteiger charge is 2.25. The Bertz CT molecular complexity index is 1040. The number of aryl methyl sites for hydroxylation is 1. The lowest BCUT2D eigenvalue weighted by atomic mass is 10.0. The number of methoxy groups -OCH3 is 1. The van der Waals surface area contributed by atoms with Gasteiger partial charge >= 0.3 is 5.97 Å². The molecule has 0 saturated heterocycles. The molecule has 2 aromatic carbocycles. The minimum Gasteiger partial charge on any atom is -0.497 e. The van der Waals surface area contributed by atoms with E-state index in [1.807, 2.05) is 0 Å². The number of sulfonamides is 1. The van der Waals surface area contributed by atoms with Crippen LogP contribution in [0.25, 0.3) is 0 Å². The quantitative estimate of drug-likeness (QED) is 0.722. The Labute approximate surface area is 169 Å². The molecule has 1 aliphatic rings. The van der Waals surface area contributed by atoms with E-state index in [1.54, 1.807) is 36.4 Å². The number of fused-ring (bicyclic) bond motifs is 1. The molecule has 154 valence electrons. The molecule has 2 aromatic rings. The Morgan fingerprint density at radius 2 is 1.97 bits per heavy atom. The van der Waals surface area contributed by atoms with Crippen molar-refractivity contribution < 1.29 is 27.5 Å². The lowest BCUT2D eigenvalue weighted by Crippen LogP contribution is -2.34. The summed E-state index contributed by atoms with van der Waals surface area (Å²) < 4.78 is 35.3. The molecule has 0 aromatic heterocycles. The van der Waals surface area contributed by atoms with Gasteiger partial charge in [0.15, 0.2) is 6.61 Å². The van der Waals surface area contributed by atoms with Gasteiger partial charge in [0.05, 0.1) is 24.6 Å². The molecule has 8 nitrogen and oxygen atoms in total. The Morgan fingerprint density at radius 1 is 1.17 bits per heavy atom. The Kier molecular flexibility index (Phi) is 6.07. The van der Waals surface area contributed by atoms with E-state index in [9.17, 15) is 18.0 Å². The summed E-state index contributed by atoms with van der Waals surface area (Å²) in [6.07, 6.45) is 2.49. The fraction of sp³-hybridized carbons (Fsp3) is 0.300. The highest BCUT2D eigenvalue weighted by molar-refractivity contribution is 7.92. The summed E-state index contributed by atoms with van der Waals surface area (Å²) in [6.45, 7) is -0.0251. The van der Waals surface area contributed by atoms with Gasteiger partial charge in [-0.1, -0.05) is 6.07 Å². The molecule has 1 aliphatic heterocycles. The monoisotopic (exact) mass is 418 g/mol. The van der Waals surface area contributed by atoms with Gasteiger partial charge in [-0.05, 0) is 48.7 Å². The highest BCUT2D eigenvalue weighted by Crippen LogP contribution is 2.30. The van der Waals surface area contributed by atoms with E-state index in [4.69, 9.17) is 9.47 Å². The summed E-state index contributed by atoms with van der Waals surface area (Å²) in [5.74, 6) is -0.533.